The molecular weight excluding hydrogens is 441 g/mol. The second-order valence-corrected chi connectivity index (χ2v) is 10.6. The van der Waals surface area contributed by atoms with Crippen molar-refractivity contribution in [3.8, 4) is 28.0 Å². The summed E-state index contributed by atoms with van der Waals surface area (Å²) in [5.74, 6) is -0.682. The third-order valence-corrected chi connectivity index (χ3v) is 6.34. The third-order valence-electron chi connectivity index (χ3n) is 6.34. The van der Waals surface area contributed by atoms with Gasteiger partial charge in [-0.25, -0.2) is 4.39 Å². The van der Waals surface area contributed by atoms with Crippen LogP contribution in [0, 0.1) is 11.2 Å². The molecule has 4 rings (SSSR count). The van der Waals surface area contributed by atoms with Crippen molar-refractivity contribution in [2.24, 2.45) is 11.1 Å². The first-order valence-electron chi connectivity index (χ1n) is 12.1. The van der Waals surface area contributed by atoms with Crippen LogP contribution >= 0.6 is 0 Å². The fourth-order valence-corrected chi connectivity index (χ4v) is 4.50. The summed E-state index contributed by atoms with van der Waals surface area (Å²) in [4.78, 5) is 14.5. The largest absolute Gasteiger partial charge is 0.507 e. The molecular formula is C29H34FN3O2. The van der Waals surface area contributed by atoms with Gasteiger partial charge in [0.25, 0.3) is 0 Å². The number of anilines is 2. The van der Waals surface area contributed by atoms with Crippen LogP contribution in [-0.2, 0) is 4.79 Å². The van der Waals surface area contributed by atoms with E-state index in [0.717, 1.165) is 37.2 Å². The topological polar surface area (TPSA) is 78.6 Å². The van der Waals surface area contributed by atoms with Crippen LogP contribution in [0.3, 0.4) is 0 Å². The van der Waals surface area contributed by atoms with Crippen molar-refractivity contribution in [2.45, 2.75) is 46.1 Å². The number of rotatable bonds is 5. The van der Waals surface area contributed by atoms with Crippen LogP contribution in [0.25, 0.3) is 22.3 Å². The van der Waals surface area contributed by atoms with Crippen molar-refractivity contribution in [1.29, 1.82) is 0 Å². The van der Waals surface area contributed by atoms with Crippen molar-refractivity contribution in [3.05, 3.63) is 66.5 Å². The van der Waals surface area contributed by atoms with Crippen molar-refractivity contribution in [2.75, 3.05) is 23.3 Å². The number of nitrogens with zero attached hydrogens (tertiary/aromatic N) is 1. The average molecular weight is 476 g/mol. The summed E-state index contributed by atoms with van der Waals surface area (Å²) >= 11 is 0. The minimum Gasteiger partial charge on any atom is -0.507 e. The number of amides is 1. The number of benzene rings is 3. The van der Waals surface area contributed by atoms with E-state index in [2.05, 4.69) is 22.3 Å². The molecule has 6 heteroatoms. The Morgan fingerprint density at radius 2 is 1.66 bits per heavy atom. The second kappa shape index (κ2) is 10.1. The monoisotopic (exact) mass is 475 g/mol. The summed E-state index contributed by atoms with van der Waals surface area (Å²) in [6.45, 7) is 7.70. The first-order chi connectivity index (χ1) is 16.6. The summed E-state index contributed by atoms with van der Waals surface area (Å²) in [7, 11) is 0. The highest BCUT2D eigenvalue weighted by atomic mass is 19.1. The number of phenolic OH excluding ortho intramolecular Hbond substituents is 1. The van der Waals surface area contributed by atoms with Crippen LogP contribution < -0.4 is 16.0 Å². The lowest BCUT2D eigenvalue weighted by atomic mass is 9.92. The minimum absolute atomic E-state index is 0.0919. The lowest BCUT2D eigenvalue weighted by Gasteiger charge is -2.32. The molecule has 0 atom stereocenters. The first kappa shape index (κ1) is 24.7. The zero-order chi connectivity index (χ0) is 25.2. The number of halogens is 1. The van der Waals surface area contributed by atoms with Gasteiger partial charge in [-0.15, -0.1) is 0 Å². The zero-order valence-electron chi connectivity index (χ0n) is 20.6. The van der Waals surface area contributed by atoms with Gasteiger partial charge in [-0.1, -0.05) is 57.2 Å². The Kier molecular flexibility index (Phi) is 7.13. The molecule has 1 amide bonds. The van der Waals surface area contributed by atoms with Crippen molar-refractivity contribution in [1.82, 2.24) is 0 Å². The Morgan fingerprint density at radius 3 is 2.29 bits per heavy atom. The van der Waals surface area contributed by atoms with Gasteiger partial charge < -0.3 is 21.1 Å². The molecule has 0 saturated carbocycles. The SMILES string of the molecule is CC(C)(C)CC(=O)Nc1ccc(-c2cccc(-c3cccc(N4CCC(N)CC4)c3)c2O)cc1F. The number of aromatic hydroxyl groups is 1. The van der Waals surface area contributed by atoms with Crippen molar-refractivity contribution < 1.29 is 14.3 Å². The van der Waals surface area contributed by atoms with E-state index in [-0.39, 0.29) is 28.8 Å². The summed E-state index contributed by atoms with van der Waals surface area (Å²) in [6.07, 6.45) is 2.21. The Balaban J connectivity index is 1.59. The van der Waals surface area contributed by atoms with Crippen LogP contribution in [0.2, 0.25) is 0 Å². The Bertz CT molecular complexity index is 1210. The predicted octanol–water partition coefficient (Wildman–Crippen LogP) is 6.17. The maximum absolute atomic E-state index is 14.9. The second-order valence-electron chi connectivity index (χ2n) is 10.6. The molecule has 0 radical (unpaired) electrons. The van der Waals surface area contributed by atoms with Gasteiger partial charge in [-0.05, 0) is 53.6 Å². The van der Waals surface area contributed by atoms with E-state index in [4.69, 9.17) is 5.73 Å². The molecule has 1 fully saturated rings. The van der Waals surface area contributed by atoms with Crippen LogP contribution in [0.1, 0.15) is 40.0 Å². The fourth-order valence-electron chi connectivity index (χ4n) is 4.50. The number of hydrogen-bond acceptors (Lipinski definition) is 4. The normalized spacial score (nSPS) is 14.7. The van der Waals surface area contributed by atoms with Gasteiger partial charge in [0.15, 0.2) is 0 Å². The Hall–Kier alpha value is -3.38. The standard InChI is InChI=1S/C29H34FN3O2/c1-29(2,3)18-27(34)32-26-11-10-20(17-25(26)30)24-9-5-8-23(28(24)35)19-6-4-7-22(16-19)33-14-12-21(31)13-15-33/h4-11,16-17,21,35H,12-15,18,31H2,1-3H3,(H,32,34). The maximum atomic E-state index is 14.9. The quantitative estimate of drug-likeness (QED) is 0.412. The maximum Gasteiger partial charge on any atom is 0.224 e. The van der Waals surface area contributed by atoms with E-state index >= 15 is 0 Å². The lowest BCUT2D eigenvalue weighted by molar-refractivity contribution is -0.117. The highest BCUT2D eigenvalue weighted by Crippen LogP contribution is 2.40. The number of carbonyl (C=O) groups is 1. The van der Waals surface area contributed by atoms with Gasteiger partial charge in [0.2, 0.25) is 5.91 Å². The average Bonchev–Trinajstić information content (AvgIpc) is 2.80. The molecule has 0 bridgehead atoms. The molecule has 1 heterocycles. The van der Waals surface area contributed by atoms with Gasteiger partial charge in [-0.2, -0.15) is 0 Å². The van der Waals surface area contributed by atoms with Gasteiger partial charge in [0.05, 0.1) is 5.69 Å². The van der Waals surface area contributed by atoms with Crippen molar-refractivity contribution >= 4 is 17.3 Å². The number of piperidine rings is 1. The Labute approximate surface area is 206 Å². The zero-order valence-corrected chi connectivity index (χ0v) is 20.6. The van der Waals surface area contributed by atoms with Crippen LogP contribution in [0.5, 0.6) is 5.75 Å². The number of nitrogens with two attached hydrogens (primary N) is 1. The molecule has 0 aromatic heterocycles. The molecule has 1 saturated heterocycles. The van der Waals surface area contributed by atoms with E-state index in [1.54, 1.807) is 18.2 Å². The number of hydrogen-bond donors (Lipinski definition) is 3. The number of carbonyl (C=O) groups excluding carboxylic acids is 1. The molecule has 0 spiro atoms. The molecule has 3 aromatic carbocycles. The predicted molar refractivity (Wildman–Crippen MR) is 141 cm³/mol. The highest BCUT2D eigenvalue weighted by molar-refractivity contribution is 5.92. The van der Waals surface area contributed by atoms with Crippen LogP contribution in [0.4, 0.5) is 15.8 Å². The van der Waals surface area contributed by atoms with Gasteiger partial charge in [0.1, 0.15) is 11.6 Å². The first-order valence-corrected chi connectivity index (χ1v) is 12.1. The molecule has 35 heavy (non-hydrogen) atoms. The molecule has 4 N–H and O–H groups in total. The molecule has 0 aliphatic carbocycles. The molecule has 184 valence electrons. The van der Waals surface area contributed by atoms with E-state index in [1.807, 2.05) is 45.0 Å². The summed E-state index contributed by atoms with van der Waals surface area (Å²) < 4.78 is 14.9. The summed E-state index contributed by atoms with van der Waals surface area (Å²) in [6, 6.07) is 18.4. The number of nitrogens with one attached hydrogen (secondary N) is 1. The fraction of sp³-hybridized carbons (Fsp3) is 0.345. The minimum atomic E-state index is -0.542. The molecule has 0 unspecified atom stereocenters. The summed E-state index contributed by atoms with van der Waals surface area (Å²) in [5.41, 5.74) is 9.73. The van der Waals surface area contributed by atoms with Gasteiger partial charge in [-0.3, -0.25) is 4.79 Å². The van der Waals surface area contributed by atoms with Crippen molar-refractivity contribution in [3.63, 3.8) is 0 Å². The van der Waals surface area contributed by atoms with Gasteiger partial charge >= 0.3 is 0 Å². The highest BCUT2D eigenvalue weighted by Gasteiger charge is 2.19. The van der Waals surface area contributed by atoms with Crippen LogP contribution in [-0.4, -0.2) is 30.1 Å². The number of phenols is 1. The van der Waals surface area contributed by atoms with E-state index in [9.17, 15) is 14.3 Å². The van der Waals surface area contributed by atoms with E-state index < -0.39 is 5.82 Å². The Morgan fingerprint density at radius 1 is 1.03 bits per heavy atom. The lowest BCUT2D eigenvalue weighted by Crippen LogP contribution is -2.39. The van der Waals surface area contributed by atoms with Gasteiger partial charge in [0, 0.05) is 42.4 Å². The third kappa shape index (κ3) is 6.01. The molecule has 1 aliphatic rings. The summed E-state index contributed by atoms with van der Waals surface area (Å²) in [5, 5.41) is 13.8. The van der Waals surface area contributed by atoms with Crippen LogP contribution in [0.15, 0.2) is 60.7 Å². The smallest absolute Gasteiger partial charge is 0.224 e. The number of para-hydroxylation sites is 1. The van der Waals surface area contributed by atoms with E-state index in [1.165, 1.54) is 6.07 Å². The van der Waals surface area contributed by atoms with E-state index in [0.29, 0.717) is 23.1 Å². The molecule has 3 aromatic rings. The molecule has 5 nitrogen and oxygen atoms in total. The molecule has 1 aliphatic heterocycles.